The van der Waals surface area contributed by atoms with Crippen molar-refractivity contribution in [1.82, 2.24) is 9.55 Å². The Kier molecular flexibility index (Phi) is 5.93. The molecule has 1 aromatic heterocycles. The number of aromatic nitrogens is 2. The fourth-order valence-corrected chi connectivity index (χ4v) is 4.05. The number of nitrogens with zero attached hydrogens (tertiary/aromatic N) is 3. The van der Waals surface area contributed by atoms with Crippen LogP contribution in [0, 0.1) is 0 Å². The van der Waals surface area contributed by atoms with Crippen LogP contribution in [0.25, 0.3) is 28.7 Å². The van der Waals surface area contributed by atoms with Crippen LogP contribution in [0.15, 0.2) is 77.6 Å². The summed E-state index contributed by atoms with van der Waals surface area (Å²) in [6, 6.07) is 21.6. The number of rotatable bonds is 5. The molecule has 3 aromatic carbocycles. The first-order valence-electron chi connectivity index (χ1n) is 11.1. The van der Waals surface area contributed by atoms with Crippen molar-refractivity contribution in [2.75, 3.05) is 31.2 Å². The molecule has 5 rings (SSSR count). The van der Waals surface area contributed by atoms with Gasteiger partial charge >= 0.3 is 5.97 Å². The van der Waals surface area contributed by atoms with Crippen molar-refractivity contribution in [2.24, 2.45) is 0 Å². The minimum atomic E-state index is -1.02. The highest BCUT2D eigenvalue weighted by Gasteiger charge is 2.13. The van der Waals surface area contributed by atoms with Crippen molar-refractivity contribution in [3.05, 3.63) is 100 Å². The van der Waals surface area contributed by atoms with Crippen LogP contribution in [0.4, 0.5) is 5.69 Å². The van der Waals surface area contributed by atoms with Gasteiger partial charge in [-0.05, 0) is 60.2 Å². The second-order valence-electron chi connectivity index (χ2n) is 8.00. The summed E-state index contributed by atoms with van der Waals surface area (Å²) in [5, 5.41) is 9.71. The van der Waals surface area contributed by atoms with Gasteiger partial charge in [-0.15, -0.1) is 0 Å². The number of fused-ring (bicyclic) bond motifs is 1. The van der Waals surface area contributed by atoms with E-state index in [9.17, 15) is 14.7 Å². The summed E-state index contributed by atoms with van der Waals surface area (Å²) in [6.45, 7) is 3.23. The average Bonchev–Trinajstić information content (AvgIpc) is 2.88. The highest BCUT2D eigenvalue weighted by molar-refractivity contribution is 5.88. The van der Waals surface area contributed by atoms with Crippen molar-refractivity contribution >= 4 is 34.7 Å². The Hall–Kier alpha value is -4.23. The molecule has 0 unspecified atom stereocenters. The van der Waals surface area contributed by atoms with Gasteiger partial charge in [0.2, 0.25) is 0 Å². The second kappa shape index (κ2) is 9.33. The highest BCUT2D eigenvalue weighted by atomic mass is 16.5. The summed E-state index contributed by atoms with van der Waals surface area (Å²) >= 11 is 0. The minimum absolute atomic E-state index is 0.156. The molecule has 0 spiro atoms. The lowest BCUT2D eigenvalue weighted by atomic mass is 10.1. The zero-order valence-corrected chi connectivity index (χ0v) is 18.4. The molecule has 170 valence electrons. The largest absolute Gasteiger partial charge is 0.478 e. The molecule has 0 saturated carbocycles. The Bertz CT molecular complexity index is 1420. The number of hydrogen-bond donors (Lipinski definition) is 1. The quantitative estimate of drug-likeness (QED) is 0.490. The molecule has 4 aromatic rings. The molecule has 0 amide bonds. The van der Waals surface area contributed by atoms with Crippen molar-refractivity contribution in [2.45, 2.75) is 0 Å². The average molecular weight is 453 g/mol. The molecule has 0 atom stereocenters. The lowest BCUT2D eigenvalue weighted by Crippen LogP contribution is -2.36. The van der Waals surface area contributed by atoms with E-state index in [4.69, 9.17) is 9.72 Å². The van der Waals surface area contributed by atoms with E-state index in [-0.39, 0.29) is 11.1 Å². The third-order valence-electron chi connectivity index (χ3n) is 5.87. The Morgan fingerprint density at radius 2 is 1.56 bits per heavy atom. The fourth-order valence-electron chi connectivity index (χ4n) is 4.05. The number of anilines is 1. The van der Waals surface area contributed by atoms with Crippen molar-refractivity contribution in [3.63, 3.8) is 0 Å². The third-order valence-corrected chi connectivity index (χ3v) is 5.87. The molecule has 1 aliphatic heterocycles. The molecule has 1 N–H and O–H groups in total. The van der Waals surface area contributed by atoms with Crippen LogP contribution < -0.4 is 10.5 Å². The van der Waals surface area contributed by atoms with E-state index in [0.717, 1.165) is 37.6 Å². The van der Waals surface area contributed by atoms with Crippen molar-refractivity contribution in [3.8, 4) is 5.69 Å². The van der Waals surface area contributed by atoms with Gasteiger partial charge in [0.05, 0.1) is 35.4 Å². The second-order valence-corrected chi connectivity index (χ2v) is 8.00. The SMILES string of the molecule is O=C(O)c1ccc(-n2c(/C=C/c3ccc(N4CCOCC4)cc3)nc3ccccc3c2=O)cc1. The topological polar surface area (TPSA) is 84.7 Å². The van der Waals surface area contributed by atoms with Crippen molar-refractivity contribution in [1.29, 1.82) is 0 Å². The van der Waals surface area contributed by atoms with Crippen LogP contribution in [0.2, 0.25) is 0 Å². The monoisotopic (exact) mass is 453 g/mol. The van der Waals surface area contributed by atoms with E-state index in [2.05, 4.69) is 17.0 Å². The summed E-state index contributed by atoms with van der Waals surface area (Å²) in [7, 11) is 0. The smallest absolute Gasteiger partial charge is 0.335 e. The molecule has 0 radical (unpaired) electrons. The van der Waals surface area contributed by atoms with Crippen molar-refractivity contribution < 1.29 is 14.6 Å². The molecule has 0 bridgehead atoms. The Labute approximate surface area is 196 Å². The first-order valence-corrected chi connectivity index (χ1v) is 11.1. The Morgan fingerprint density at radius 3 is 2.26 bits per heavy atom. The predicted molar refractivity (Wildman–Crippen MR) is 133 cm³/mol. The molecule has 2 heterocycles. The van der Waals surface area contributed by atoms with E-state index in [0.29, 0.717) is 22.4 Å². The van der Waals surface area contributed by atoms with Gasteiger partial charge in [0, 0.05) is 18.8 Å². The van der Waals surface area contributed by atoms with E-state index in [1.807, 2.05) is 36.4 Å². The molecular formula is C27H23N3O4. The van der Waals surface area contributed by atoms with Gasteiger partial charge in [0.15, 0.2) is 0 Å². The Morgan fingerprint density at radius 1 is 0.882 bits per heavy atom. The zero-order valence-electron chi connectivity index (χ0n) is 18.4. The number of ether oxygens (including phenoxy) is 1. The third kappa shape index (κ3) is 4.33. The van der Waals surface area contributed by atoms with E-state index in [1.165, 1.54) is 16.7 Å². The molecular weight excluding hydrogens is 430 g/mol. The number of carboxylic acids is 1. The minimum Gasteiger partial charge on any atom is -0.478 e. The molecule has 34 heavy (non-hydrogen) atoms. The lowest BCUT2D eigenvalue weighted by Gasteiger charge is -2.28. The van der Waals surface area contributed by atoms with Crippen LogP contribution in [0.5, 0.6) is 0 Å². The van der Waals surface area contributed by atoms with Crippen LogP contribution in [0.3, 0.4) is 0 Å². The summed E-state index contributed by atoms with van der Waals surface area (Å²) in [5.41, 5.74) is 3.23. The molecule has 1 saturated heterocycles. The lowest BCUT2D eigenvalue weighted by molar-refractivity contribution is 0.0697. The zero-order chi connectivity index (χ0) is 23.5. The van der Waals surface area contributed by atoms with Crippen LogP contribution >= 0.6 is 0 Å². The summed E-state index contributed by atoms with van der Waals surface area (Å²) in [4.78, 5) is 31.6. The summed E-state index contributed by atoms with van der Waals surface area (Å²) < 4.78 is 6.93. The van der Waals surface area contributed by atoms with Gasteiger partial charge in [0.25, 0.3) is 5.56 Å². The van der Waals surface area contributed by atoms with E-state index >= 15 is 0 Å². The van der Waals surface area contributed by atoms with E-state index in [1.54, 1.807) is 24.3 Å². The standard InChI is InChI=1S/C27H23N3O4/c31-26-23-3-1-2-4-24(23)28-25(30(26)22-12-8-20(9-13-22)27(32)33)14-7-19-5-10-21(11-6-19)29-15-17-34-18-16-29/h1-14H,15-18H2,(H,32,33)/b14-7+. The molecule has 0 aliphatic carbocycles. The van der Waals surface area contributed by atoms with Crippen LogP contribution in [-0.4, -0.2) is 46.9 Å². The maximum atomic E-state index is 13.4. The number of morpholine rings is 1. The van der Waals surface area contributed by atoms with Crippen LogP contribution in [-0.2, 0) is 4.74 Å². The summed E-state index contributed by atoms with van der Waals surface area (Å²) in [6.07, 6.45) is 3.73. The maximum absolute atomic E-state index is 13.4. The Balaban J connectivity index is 1.53. The number of benzene rings is 3. The molecule has 1 fully saturated rings. The number of carbonyl (C=O) groups is 1. The van der Waals surface area contributed by atoms with Gasteiger partial charge in [-0.1, -0.05) is 30.3 Å². The first-order chi connectivity index (χ1) is 16.6. The maximum Gasteiger partial charge on any atom is 0.335 e. The van der Waals surface area contributed by atoms with Gasteiger partial charge < -0.3 is 14.7 Å². The first kappa shape index (κ1) is 21.6. The van der Waals surface area contributed by atoms with Crippen LogP contribution in [0.1, 0.15) is 21.7 Å². The number of hydrogen-bond acceptors (Lipinski definition) is 5. The predicted octanol–water partition coefficient (Wildman–Crippen LogP) is 4.09. The van der Waals surface area contributed by atoms with Gasteiger partial charge in [-0.3, -0.25) is 9.36 Å². The normalized spacial score (nSPS) is 14.1. The highest BCUT2D eigenvalue weighted by Crippen LogP contribution is 2.19. The van der Waals surface area contributed by atoms with Gasteiger partial charge in [-0.25, -0.2) is 9.78 Å². The molecule has 7 heteroatoms. The number of para-hydroxylation sites is 1. The summed E-state index contributed by atoms with van der Waals surface area (Å²) in [5.74, 6) is -0.555. The number of carboxylic acid groups (broad SMARTS) is 1. The number of aromatic carboxylic acids is 1. The van der Waals surface area contributed by atoms with Gasteiger partial charge in [0.1, 0.15) is 5.82 Å². The van der Waals surface area contributed by atoms with E-state index < -0.39 is 5.97 Å². The van der Waals surface area contributed by atoms with Gasteiger partial charge in [-0.2, -0.15) is 0 Å². The molecule has 1 aliphatic rings. The molecule has 7 nitrogen and oxygen atoms in total. The fraction of sp³-hybridized carbons (Fsp3) is 0.148.